The Hall–Kier alpha value is -1.42. The number of aryl methyl sites for hydroxylation is 3. The van der Waals surface area contributed by atoms with Crippen LogP contribution >= 0.6 is 0 Å². The van der Waals surface area contributed by atoms with E-state index in [0.717, 1.165) is 37.0 Å². The third kappa shape index (κ3) is 2.22. The van der Waals surface area contributed by atoms with E-state index in [1.165, 1.54) is 11.1 Å². The lowest BCUT2D eigenvalue weighted by Gasteiger charge is -1.96. The minimum absolute atomic E-state index is 0.735. The van der Waals surface area contributed by atoms with Crippen LogP contribution in [-0.4, -0.2) is 21.5 Å². The second kappa shape index (κ2) is 4.61. The van der Waals surface area contributed by atoms with Gasteiger partial charge < -0.3 is 5.73 Å². The Balaban J connectivity index is 2.23. The van der Waals surface area contributed by atoms with Gasteiger partial charge in [0.2, 0.25) is 0 Å². The molecule has 0 radical (unpaired) electrons. The molecule has 0 aliphatic rings. The molecule has 1 aromatic carbocycles. The van der Waals surface area contributed by atoms with Crippen LogP contribution in [0.1, 0.15) is 24.0 Å². The molecular formula is C12H18N4. The molecule has 0 saturated heterocycles. The molecule has 2 N–H and O–H groups in total. The average molecular weight is 218 g/mol. The fraction of sp³-hybridized carbons (Fsp3) is 0.500. The van der Waals surface area contributed by atoms with Crippen molar-refractivity contribution < 1.29 is 0 Å². The minimum atomic E-state index is 0.735. The van der Waals surface area contributed by atoms with Crippen LogP contribution in [0.15, 0.2) is 12.1 Å². The SMILES string of the molecule is Cc1cc2nn(CCCCN)nc2cc1C. The summed E-state index contributed by atoms with van der Waals surface area (Å²) in [6.45, 7) is 5.79. The van der Waals surface area contributed by atoms with Gasteiger partial charge in [-0.1, -0.05) is 0 Å². The van der Waals surface area contributed by atoms with Crippen molar-refractivity contribution in [1.82, 2.24) is 15.0 Å². The van der Waals surface area contributed by atoms with Gasteiger partial charge in [0, 0.05) is 0 Å². The second-order valence-corrected chi connectivity index (χ2v) is 4.22. The van der Waals surface area contributed by atoms with E-state index < -0.39 is 0 Å². The monoisotopic (exact) mass is 218 g/mol. The zero-order chi connectivity index (χ0) is 11.5. The smallest absolute Gasteiger partial charge is 0.113 e. The van der Waals surface area contributed by atoms with Crippen LogP contribution in [0.2, 0.25) is 0 Å². The van der Waals surface area contributed by atoms with E-state index in [9.17, 15) is 0 Å². The molecular weight excluding hydrogens is 200 g/mol. The molecule has 16 heavy (non-hydrogen) atoms. The van der Waals surface area contributed by atoms with Gasteiger partial charge in [0.05, 0.1) is 6.54 Å². The van der Waals surface area contributed by atoms with Gasteiger partial charge in [-0.3, -0.25) is 0 Å². The molecule has 4 heteroatoms. The molecule has 86 valence electrons. The highest BCUT2D eigenvalue weighted by atomic mass is 15.5. The van der Waals surface area contributed by atoms with Gasteiger partial charge >= 0.3 is 0 Å². The Labute approximate surface area is 95.4 Å². The van der Waals surface area contributed by atoms with Crippen molar-refractivity contribution in [1.29, 1.82) is 0 Å². The number of nitrogens with zero attached hydrogens (tertiary/aromatic N) is 3. The molecule has 0 spiro atoms. The van der Waals surface area contributed by atoms with Crippen LogP contribution < -0.4 is 5.73 Å². The number of fused-ring (bicyclic) bond motifs is 1. The van der Waals surface area contributed by atoms with Crippen molar-refractivity contribution in [2.45, 2.75) is 33.2 Å². The van der Waals surface area contributed by atoms with Gasteiger partial charge in [-0.15, -0.1) is 0 Å². The summed E-state index contributed by atoms with van der Waals surface area (Å²) in [6, 6.07) is 4.19. The molecule has 0 amide bonds. The van der Waals surface area contributed by atoms with Gasteiger partial charge in [0.25, 0.3) is 0 Å². The van der Waals surface area contributed by atoms with Crippen molar-refractivity contribution in [2.75, 3.05) is 6.54 Å². The molecule has 4 nitrogen and oxygen atoms in total. The molecule has 0 saturated carbocycles. The van der Waals surface area contributed by atoms with Crippen molar-refractivity contribution >= 4 is 11.0 Å². The molecule has 0 atom stereocenters. The molecule has 0 bridgehead atoms. The van der Waals surface area contributed by atoms with E-state index >= 15 is 0 Å². The molecule has 2 aromatic rings. The average Bonchev–Trinajstić information content (AvgIpc) is 2.61. The lowest BCUT2D eigenvalue weighted by Crippen LogP contribution is -2.05. The molecule has 0 fully saturated rings. The van der Waals surface area contributed by atoms with Crippen LogP contribution in [0.5, 0.6) is 0 Å². The first-order chi connectivity index (χ1) is 7.70. The van der Waals surface area contributed by atoms with Crippen LogP contribution in [0, 0.1) is 13.8 Å². The Morgan fingerprint density at radius 3 is 2.12 bits per heavy atom. The van der Waals surface area contributed by atoms with Crippen LogP contribution in [0.25, 0.3) is 11.0 Å². The predicted molar refractivity (Wildman–Crippen MR) is 65.3 cm³/mol. The summed E-state index contributed by atoms with van der Waals surface area (Å²) in [7, 11) is 0. The molecule has 2 rings (SSSR count). The largest absolute Gasteiger partial charge is 0.330 e. The number of hydrogen-bond donors (Lipinski definition) is 1. The predicted octanol–water partition coefficient (Wildman–Crippen LogP) is 1.79. The van der Waals surface area contributed by atoms with E-state index in [0.29, 0.717) is 0 Å². The van der Waals surface area contributed by atoms with Crippen molar-refractivity contribution in [3.05, 3.63) is 23.3 Å². The van der Waals surface area contributed by atoms with Crippen molar-refractivity contribution in [3.63, 3.8) is 0 Å². The third-order valence-corrected chi connectivity index (χ3v) is 2.85. The fourth-order valence-electron chi connectivity index (χ4n) is 1.71. The maximum absolute atomic E-state index is 5.46. The van der Waals surface area contributed by atoms with Crippen LogP contribution in [0.4, 0.5) is 0 Å². The summed E-state index contributed by atoms with van der Waals surface area (Å²) in [5, 5.41) is 8.90. The highest BCUT2D eigenvalue weighted by molar-refractivity contribution is 5.75. The minimum Gasteiger partial charge on any atom is -0.330 e. The fourth-order valence-corrected chi connectivity index (χ4v) is 1.71. The van der Waals surface area contributed by atoms with E-state index in [-0.39, 0.29) is 0 Å². The third-order valence-electron chi connectivity index (χ3n) is 2.85. The number of rotatable bonds is 4. The summed E-state index contributed by atoms with van der Waals surface area (Å²) < 4.78 is 0. The molecule has 0 unspecified atom stereocenters. The summed E-state index contributed by atoms with van der Waals surface area (Å²) in [5.41, 5.74) is 9.95. The van der Waals surface area contributed by atoms with Gasteiger partial charge in [0.15, 0.2) is 0 Å². The summed E-state index contributed by atoms with van der Waals surface area (Å²) in [4.78, 5) is 1.78. The summed E-state index contributed by atoms with van der Waals surface area (Å²) >= 11 is 0. The zero-order valence-electron chi connectivity index (χ0n) is 9.90. The number of aromatic nitrogens is 3. The van der Waals surface area contributed by atoms with E-state index in [1.54, 1.807) is 4.80 Å². The lowest BCUT2D eigenvalue weighted by molar-refractivity contribution is 0.507. The first-order valence-electron chi connectivity index (χ1n) is 5.73. The summed E-state index contributed by atoms with van der Waals surface area (Å²) in [6.07, 6.45) is 2.06. The zero-order valence-corrected chi connectivity index (χ0v) is 9.90. The second-order valence-electron chi connectivity index (χ2n) is 4.22. The number of unbranched alkanes of at least 4 members (excludes halogenated alkanes) is 1. The Morgan fingerprint density at radius 2 is 1.62 bits per heavy atom. The first kappa shape index (κ1) is 11.1. The maximum atomic E-state index is 5.46. The van der Waals surface area contributed by atoms with E-state index in [4.69, 9.17) is 5.73 Å². The Bertz CT molecular complexity index is 448. The first-order valence-corrected chi connectivity index (χ1v) is 5.73. The lowest BCUT2D eigenvalue weighted by atomic mass is 10.1. The number of benzene rings is 1. The van der Waals surface area contributed by atoms with Gasteiger partial charge in [-0.05, 0) is 56.5 Å². The normalized spacial score (nSPS) is 11.2. The van der Waals surface area contributed by atoms with Crippen molar-refractivity contribution in [2.24, 2.45) is 5.73 Å². The molecule has 1 aromatic heterocycles. The number of hydrogen-bond acceptors (Lipinski definition) is 3. The van der Waals surface area contributed by atoms with Crippen molar-refractivity contribution in [3.8, 4) is 0 Å². The van der Waals surface area contributed by atoms with E-state index in [2.05, 4.69) is 36.2 Å². The highest BCUT2D eigenvalue weighted by Gasteiger charge is 2.04. The Kier molecular flexibility index (Phi) is 3.19. The standard InChI is InChI=1S/C12H18N4/c1-9-7-11-12(8-10(9)2)15-16(14-11)6-4-3-5-13/h7-8H,3-6,13H2,1-2H3. The van der Waals surface area contributed by atoms with Crippen LogP contribution in [0.3, 0.4) is 0 Å². The molecule has 0 aliphatic carbocycles. The molecule has 0 aliphatic heterocycles. The van der Waals surface area contributed by atoms with Gasteiger partial charge in [-0.25, -0.2) is 0 Å². The highest BCUT2D eigenvalue weighted by Crippen LogP contribution is 2.15. The van der Waals surface area contributed by atoms with E-state index in [1.807, 2.05) is 0 Å². The van der Waals surface area contributed by atoms with Gasteiger partial charge in [-0.2, -0.15) is 15.0 Å². The molecule has 1 heterocycles. The topological polar surface area (TPSA) is 56.7 Å². The number of nitrogens with two attached hydrogens (primary N) is 1. The quantitative estimate of drug-likeness (QED) is 0.796. The maximum Gasteiger partial charge on any atom is 0.113 e. The summed E-state index contributed by atoms with van der Waals surface area (Å²) in [5.74, 6) is 0. The van der Waals surface area contributed by atoms with Crippen LogP contribution in [-0.2, 0) is 6.54 Å². The van der Waals surface area contributed by atoms with Gasteiger partial charge in [0.1, 0.15) is 11.0 Å². The Morgan fingerprint density at radius 1 is 1.06 bits per heavy atom.